The van der Waals surface area contributed by atoms with Gasteiger partial charge in [-0.25, -0.2) is 4.79 Å². The van der Waals surface area contributed by atoms with Crippen molar-refractivity contribution in [2.24, 2.45) is 0 Å². The predicted octanol–water partition coefficient (Wildman–Crippen LogP) is 3.49. The number of nitrogens with one attached hydrogen (secondary N) is 1. The van der Waals surface area contributed by atoms with Crippen LogP contribution < -0.4 is 10.1 Å². The molecular weight excluding hydrogens is 266 g/mol. The molecule has 0 spiro atoms. The van der Waals surface area contributed by atoms with Gasteiger partial charge >= 0.3 is 5.97 Å². The number of benzene rings is 1. The quantitative estimate of drug-likeness (QED) is 0.785. The van der Waals surface area contributed by atoms with Crippen molar-refractivity contribution >= 4 is 23.3 Å². The van der Waals surface area contributed by atoms with Crippen molar-refractivity contribution in [2.75, 3.05) is 19.0 Å². The number of carbonyl (C=O) groups is 1. The van der Waals surface area contributed by atoms with Gasteiger partial charge < -0.3 is 15.2 Å². The number of aryl methyl sites for hydroxylation is 1. The number of anilines is 1. The van der Waals surface area contributed by atoms with E-state index in [1.165, 1.54) is 0 Å². The molecule has 0 radical (unpaired) electrons. The maximum atomic E-state index is 10.9. The molecule has 4 nitrogen and oxygen atoms in total. The molecular formula is C14H18ClNO3. The summed E-state index contributed by atoms with van der Waals surface area (Å²) in [7, 11) is 1.57. The number of ether oxygens (including phenoxy) is 1. The third-order valence-corrected chi connectivity index (χ3v) is 3.18. The smallest absolute Gasteiger partial charge is 0.331 e. The van der Waals surface area contributed by atoms with Gasteiger partial charge in [0.1, 0.15) is 5.75 Å². The largest absolute Gasteiger partial charge is 0.495 e. The number of halogens is 1. The number of hydrogen-bond donors (Lipinski definition) is 2. The van der Waals surface area contributed by atoms with E-state index in [1.807, 2.05) is 19.9 Å². The molecule has 0 heterocycles. The second-order valence-corrected chi connectivity index (χ2v) is 4.48. The Morgan fingerprint density at radius 2 is 2.21 bits per heavy atom. The van der Waals surface area contributed by atoms with Crippen LogP contribution in [0.1, 0.15) is 18.9 Å². The summed E-state index contributed by atoms with van der Waals surface area (Å²) in [6.45, 7) is 4.14. The van der Waals surface area contributed by atoms with Crippen molar-refractivity contribution in [1.29, 1.82) is 0 Å². The van der Waals surface area contributed by atoms with Crippen LogP contribution in [0.4, 0.5) is 5.69 Å². The molecule has 0 unspecified atom stereocenters. The second kappa shape index (κ2) is 7.04. The van der Waals surface area contributed by atoms with Crippen LogP contribution in [0, 0.1) is 6.92 Å². The average molecular weight is 284 g/mol. The van der Waals surface area contributed by atoms with E-state index in [9.17, 15) is 4.79 Å². The lowest BCUT2D eigenvalue weighted by molar-refractivity contribution is -0.132. The Hall–Kier alpha value is -1.68. The topological polar surface area (TPSA) is 58.6 Å². The highest BCUT2D eigenvalue weighted by molar-refractivity contribution is 6.31. The van der Waals surface area contributed by atoms with Crippen LogP contribution in [0.5, 0.6) is 5.75 Å². The van der Waals surface area contributed by atoms with Crippen molar-refractivity contribution in [1.82, 2.24) is 0 Å². The highest BCUT2D eigenvalue weighted by Gasteiger charge is 2.07. The number of methoxy groups -OCH3 is 1. The van der Waals surface area contributed by atoms with Crippen molar-refractivity contribution in [3.05, 3.63) is 34.4 Å². The second-order valence-electron chi connectivity index (χ2n) is 4.07. The van der Waals surface area contributed by atoms with Gasteiger partial charge in [-0.05, 0) is 25.0 Å². The van der Waals surface area contributed by atoms with Crippen molar-refractivity contribution < 1.29 is 14.6 Å². The molecule has 0 atom stereocenters. The highest BCUT2D eigenvalue weighted by atomic mass is 35.5. The fraction of sp³-hybridized carbons (Fsp3) is 0.357. The first-order valence-electron chi connectivity index (χ1n) is 5.99. The third kappa shape index (κ3) is 4.17. The molecule has 5 heteroatoms. The summed E-state index contributed by atoms with van der Waals surface area (Å²) in [6.07, 6.45) is 2.15. The van der Waals surface area contributed by atoms with E-state index in [0.717, 1.165) is 11.3 Å². The Bertz CT molecular complexity index is 498. The standard InChI is InChI=1S/C14H18ClNO3/c1-4-10(14(17)18)5-6-16-12-7-9(2)11(15)8-13(12)19-3/h5,7-8,16H,4,6H2,1-3H3,(H,17,18)/b10-5-. The molecule has 0 amide bonds. The fourth-order valence-corrected chi connectivity index (χ4v) is 1.79. The SMILES string of the molecule is CC/C(=C/CNc1cc(C)c(Cl)cc1OC)C(=O)O. The minimum Gasteiger partial charge on any atom is -0.495 e. The first kappa shape index (κ1) is 15.4. The van der Waals surface area contributed by atoms with E-state index < -0.39 is 5.97 Å². The Kier molecular flexibility index (Phi) is 5.70. The van der Waals surface area contributed by atoms with Gasteiger partial charge in [0, 0.05) is 23.2 Å². The molecule has 2 N–H and O–H groups in total. The molecule has 1 rings (SSSR count). The Labute approximate surface area is 118 Å². The van der Waals surface area contributed by atoms with Crippen LogP contribution in [0.2, 0.25) is 5.02 Å². The van der Waals surface area contributed by atoms with Gasteiger partial charge in [-0.3, -0.25) is 0 Å². The molecule has 0 aromatic heterocycles. The monoisotopic (exact) mass is 283 g/mol. The molecule has 0 aliphatic heterocycles. The van der Waals surface area contributed by atoms with Crippen LogP contribution in [-0.2, 0) is 4.79 Å². The van der Waals surface area contributed by atoms with Crippen LogP contribution in [0.3, 0.4) is 0 Å². The van der Waals surface area contributed by atoms with E-state index in [1.54, 1.807) is 19.3 Å². The minimum absolute atomic E-state index is 0.386. The molecule has 0 bridgehead atoms. The Balaban J connectivity index is 2.83. The zero-order valence-corrected chi connectivity index (χ0v) is 12.0. The number of rotatable bonds is 6. The van der Waals surface area contributed by atoms with E-state index >= 15 is 0 Å². The number of aliphatic carboxylic acids is 1. The van der Waals surface area contributed by atoms with Gasteiger partial charge in [-0.2, -0.15) is 0 Å². The van der Waals surface area contributed by atoms with Crippen LogP contribution in [0.15, 0.2) is 23.8 Å². The fourth-order valence-electron chi connectivity index (χ4n) is 1.64. The van der Waals surface area contributed by atoms with E-state index in [4.69, 9.17) is 21.4 Å². The summed E-state index contributed by atoms with van der Waals surface area (Å²) in [5.74, 6) is -0.249. The maximum absolute atomic E-state index is 10.9. The Morgan fingerprint density at radius 3 is 2.74 bits per heavy atom. The van der Waals surface area contributed by atoms with Crippen molar-refractivity contribution in [2.45, 2.75) is 20.3 Å². The van der Waals surface area contributed by atoms with E-state index in [2.05, 4.69) is 5.32 Å². The van der Waals surface area contributed by atoms with Crippen LogP contribution in [-0.4, -0.2) is 24.7 Å². The minimum atomic E-state index is -0.886. The van der Waals surface area contributed by atoms with Gasteiger partial charge in [0.05, 0.1) is 12.8 Å². The molecule has 0 saturated carbocycles. The molecule has 1 aromatic rings. The Morgan fingerprint density at radius 1 is 1.53 bits per heavy atom. The lowest BCUT2D eigenvalue weighted by atomic mass is 10.2. The summed E-state index contributed by atoms with van der Waals surface area (Å²) in [5, 5.41) is 12.7. The molecule has 19 heavy (non-hydrogen) atoms. The first-order valence-corrected chi connectivity index (χ1v) is 6.37. The lowest BCUT2D eigenvalue weighted by Gasteiger charge is -2.12. The zero-order chi connectivity index (χ0) is 14.4. The summed E-state index contributed by atoms with van der Waals surface area (Å²) in [6, 6.07) is 3.61. The lowest BCUT2D eigenvalue weighted by Crippen LogP contribution is -2.05. The third-order valence-electron chi connectivity index (χ3n) is 2.78. The van der Waals surface area contributed by atoms with Gasteiger partial charge in [-0.15, -0.1) is 0 Å². The summed E-state index contributed by atoms with van der Waals surface area (Å²) >= 11 is 6.02. The van der Waals surface area contributed by atoms with E-state index in [0.29, 0.717) is 29.3 Å². The van der Waals surface area contributed by atoms with Gasteiger partial charge in [0.25, 0.3) is 0 Å². The number of carboxylic acids is 1. The normalized spacial score (nSPS) is 11.3. The van der Waals surface area contributed by atoms with E-state index in [-0.39, 0.29) is 0 Å². The first-order chi connectivity index (χ1) is 8.99. The molecule has 1 aromatic carbocycles. The van der Waals surface area contributed by atoms with Crippen LogP contribution in [0.25, 0.3) is 0 Å². The van der Waals surface area contributed by atoms with Gasteiger partial charge in [-0.1, -0.05) is 24.6 Å². The number of carboxylic acid groups (broad SMARTS) is 1. The predicted molar refractivity (Wildman–Crippen MR) is 77.2 cm³/mol. The molecule has 0 aliphatic rings. The highest BCUT2D eigenvalue weighted by Crippen LogP contribution is 2.30. The van der Waals surface area contributed by atoms with Crippen LogP contribution >= 0.6 is 11.6 Å². The zero-order valence-electron chi connectivity index (χ0n) is 11.3. The van der Waals surface area contributed by atoms with Crippen molar-refractivity contribution in [3.63, 3.8) is 0 Å². The van der Waals surface area contributed by atoms with Crippen molar-refractivity contribution in [3.8, 4) is 5.75 Å². The average Bonchev–Trinajstić information content (AvgIpc) is 2.37. The molecule has 0 fully saturated rings. The van der Waals surface area contributed by atoms with Gasteiger partial charge in [0.15, 0.2) is 0 Å². The summed E-state index contributed by atoms with van der Waals surface area (Å²) in [5.41, 5.74) is 2.11. The maximum Gasteiger partial charge on any atom is 0.331 e. The molecule has 104 valence electrons. The molecule has 0 aliphatic carbocycles. The summed E-state index contributed by atoms with van der Waals surface area (Å²) < 4.78 is 5.23. The number of hydrogen-bond acceptors (Lipinski definition) is 3. The van der Waals surface area contributed by atoms with Gasteiger partial charge in [0.2, 0.25) is 0 Å². The summed E-state index contributed by atoms with van der Waals surface area (Å²) in [4.78, 5) is 10.9. The molecule has 0 saturated heterocycles.